The summed E-state index contributed by atoms with van der Waals surface area (Å²) in [5, 5.41) is 4.32. The van der Waals surface area contributed by atoms with Crippen molar-refractivity contribution in [2.75, 3.05) is 0 Å². The van der Waals surface area contributed by atoms with Crippen molar-refractivity contribution in [3.05, 3.63) is 12.2 Å². The highest BCUT2D eigenvalue weighted by molar-refractivity contribution is 5.14. The van der Waals surface area contributed by atoms with E-state index in [1.54, 1.807) is 83.5 Å². The van der Waals surface area contributed by atoms with Gasteiger partial charge < -0.3 is 5.32 Å². The van der Waals surface area contributed by atoms with Gasteiger partial charge in [0.15, 0.2) is 0 Å². The van der Waals surface area contributed by atoms with Crippen molar-refractivity contribution in [1.29, 1.82) is 0 Å². The van der Waals surface area contributed by atoms with Crippen LogP contribution in [-0.2, 0) is 0 Å². The van der Waals surface area contributed by atoms with Gasteiger partial charge in [0.2, 0.25) is 0 Å². The van der Waals surface area contributed by atoms with Crippen LogP contribution in [0.1, 0.15) is 162 Å². The number of allylic oxidation sites excluding steroid dienone is 2. The molecule has 1 nitrogen and oxygen atoms in total. The molecule has 0 bridgehead atoms. The molecule has 0 saturated heterocycles. The number of fused-ring (bicyclic) bond motifs is 3. The van der Waals surface area contributed by atoms with Crippen LogP contribution in [-0.4, -0.2) is 12.1 Å². The molecule has 232 valence electrons. The second-order valence-electron chi connectivity index (χ2n) is 16.9. The zero-order chi connectivity index (χ0) is 27.8. The van der Waals surface area contributed by atoms with E-state index in [0.29, 0.717) is 0 Å². The number of rotatable bonds is 8. The number of hydrogen-bond acceptors (Lipinski definition) is 1. The van der Waals surface area contributed by atoms with Crippen LogP contribution in [0.5, 0.6) is 0 Å². The van der Waals surface area contributed by atoms with Crippen molar-refractivity contribution in [1.82, 2.24) is 5.32 Å². The third kappa shape index (κ3) is 5.35. The Morgan fingerprint density at radius 2 is 1.17 bits per heavy atom. The molecule has 7 rings (SSSR count). The molecule has 1 N–H and O–H groups in total. The molecule has 8 unspecified atom stereocenters. The van der Waals surface area contributed by atoms with Gasteiger partial charge >= 0.3 is 0 Å². The van der Waals surface area contributed by atoms with E-state index in [1.807, 2.05) is 0 Å². The Bertz CT molecular complexity index is 854. The first-order valence-corrected chi connectivity index (χ1v) is 19.6. The maximum absolute atomic E-state index is 4.32. The van der Waals surface area contributed by atoms with Crippen molar-refractivity contribution in [3.8, 4) is 0 Å². The standard InChI is InChI=1S/C40H67N/c1-3-10-28-20-27-35(34(28)11-4-2)29-18-23-32(24-19-29)41-33-25-21-31(22-26-33)40(30-12-5-6-13-30)38-16-8-7-14-36(38)37-15-9-17-39(37)40/h3,10,28-39,41H,4-9,11-27H2,1-2H3. The number of nitrogens with one attached hydrogen (secondary N) is 1. The molecule has 0 aromatic heterocycles. The summed E-state index contributed by atoms with van der Waals surface area (Å²) in [7, 11) is 0. The van der Waals surface area contributed by atoms with Crippen LogP contribution in [0.3, 0.4) is 0 Å². The molecular formula is C40H67N. The molecule has 0 radical (unpaired) electrons. The second-order valence-corrected chi connectivity index (χ2v) is 16.9. The molecule has 41 heavy (non-hydrogen) atoms. The molecule has 7 aliphatic rings. The van der Waals surface area contributed by atoms with Gasteiger partial charge in [0.25, 0.3) is 0 Å². The lowest BCUT2D eigenvalue weighted by molar-refractivity contribution is -0.0557. The van der Waals surface area contributed by atoms with Gasteiger partial charge in [0.1, 0.15) is 0 Å². The summed E-state index contributed by atoms with van der Waals surface area (Å²) in [5.74, 6) is 10.6. The van der Waals surface area contributed by atoms with Crippen LogP contribution in [0.15, 0.2) is 12.2 Å². The SMILES string of the molecule is CC=CC1CCC(C2CCC(NC3CCC(C4(C5CCCC5)C5CCCCC5C5CCCC54)CC3)CC2)C1CCC. The summed E-state index contributed by atoms with van der Waals surface area (Å²) in [4.78, 5) is 0. The Labute approximate surface area is 255 Å². The average Bonchev–Trinajstić information content (AvgIpc) is 3.81. The van der Waals surface area contributed by atoms with Gasteiger partial charge in [-0.25, -0.2) is 0 Å². The molecule has 7 saturated carbocycles. The first kappa shape index (κ1) is 29.4. The summed E-state index contributed by atoms with van der Waals surface area (Å²) in [5.41, 5.74) is 0.771. The van der Waals surface area contributed by atoms with E-state index >= 15 is 0 Å². The summed E-state index contributed by atoms with van der Waals surface area (Å²) in [6, 6.07) is 1.65. The fourth-order valence-electron chi connectivity index (χ4n) is 14.4. The Morgan fingerprint density at radius 1 is 0.585 bits per heavy atom. The van der Waals surface area contributed by atoms with Crippen LogP contribution in [0.4, 0.5) is 0 Å². The normalized spacial score (nSPS) is 49.1. The minimum absolute atomic E-state index is 0.771. The molecule has 0 aromatic carbocycles. The lowest BCUT2D eigenvalue weighted by Crippen LogP contribution is -2.50. The minimum Gasteiger partial charge on any atom is -0.311 e. The lowest BCUT2D eigenvalue weighted by Gasteiger charge is -2.54. The van der Waals surface area contributed by atoms with E-state index < -0.39 is 0 Å². The Hall–Kier alpha value is -0.300. The van der Waals surface area contributed by atoms with Gasteiger partial charge in [-0.05, 0) is 181 Å². The van der Waals surface area contributed by atoms with Crippen LogP contribution in [0, 0.1) is 64.6 Å². The second kappa shape index (κ2) is 13.0. The molecule has 0 spiro atoms. The molecule has 7 fully saturated rings. The van der Waals surface area contributed by atoms with E-state index in [0.717, 1.165) is 76.7 Å². The minimum atomic E-state index is 0.771. The molecular weight excluding hydrogens is 494 g/mol. The Morgan fingerprint density at radius 3 is 1.85 bits per heavy atom. The predicted molar refractivity (Wildman–Crippen MR) is 175 cm³/mol. The Balaban J connectivity index is 0.961. The highest BCUT2D eigenvalue weighted by Gasteiger charge is 2.66. The van der Waals surface area contributed by atoms with Crippen molar-refractivity contribution in [2.45, 2.75) is 174 Å². The predicted octanol–water partition coefficient (Wildman–Crippen LogP) is 11.1. The van der Waals surface area contributed by atoms with Gasteiger partial charge in [-0.2, -0.15) is 0 Å². The zero-order valence-electron chi connectivity index (χ0n) is 27.3. The highest BCUT2D eigenvalue weighted by Crippen LogP contribution is 2.72. The first-order valence-electron chi connectivity index (χ1n) is 19.6. The molecule has 0 amide bonds. The number of hydrogen-bond donors (Lipinski definition) is 1. The first-order chi connectivity index (χ1) is 20.2. The molecule has 0 aromatic rings. The molecule has 0 heterocycles. The van der Waals surface area contributed by atoms with Crippen molar-refractivity contribution in [2.24, 2.45) is 64.6 Å². The molecule has 8 atom stereocenters. The van der Waals surface area contributed by atoms with Crippen molar-refractivity contribution in [3.63, 3.8) is 0 Å². The van der Waals surface area contributed by atoms with Crippen LogP contribution in [0.25, 0.3) is 0 Å². The lowest BCUT2D eigenvalue weighted by atomic mass is 9.51. The third-order valence-electron chi connectivity index (χ3n) is 15.6. The van der Waals surface area contributed by atoms with Gasteiger partial charge in [-0.15, -0.1) is 0 Å². The summed E-state index contributed by atoms with van der Waals surface area (Å²) >= 11 is 0. The average molecular weight is 562 g/mol. The summed E-state index contributed by atoms with van der Waals surface area (Å²) in [6.07, 6.45) is 40.3. The van der Waals surface area contributed by atoms with E-state index in [-0.39, 0.29) is 0 Å². The van der Waals surface area contributed by atoms with Gasteiger partial charge in [0, 0.05) is 12.1 Å². The van der Waals surface area contributed by atoms with Crippen molar-refractivity contribution >= 4 is 0 Å². The van der Waals surface area contributed by atoms with Gasteiger partial charge in [0.05, 0.1) is 0 Å². The molecule has 7 aliphatic carbocycles. The maximum Gasteiger partial charge on any atom is 0.00698 e. The van der Waals surface area contributed by atoms with Gasteiger partial charge in [-0.1, -0.05) is 57.6 Å². The fourth-order valence-corrected chi connectivity index (χ4v) is 14.4. The smallest absolute Gasteiger partial charge is 0.00698 e. The van der Waals surface area contributed by atoms with E-state index in [4.69, 9.17) is 0 Å². The molecule has 1 heteroatoms. The van der Waals surface area contributed by atoms with Crippen LogP contribution < -0.4 is 5.32 Å². The summed E-state index contributed by atoms with van der Waals surface area (Å²) < 4.78 is 0. The summed E-state index contributed by atoms with van der Waals surface area (Å²) in [6.45, 7) is 4.65. The van der Waals surface area contributed by atoms with E-state index in [2.05, 4.69) is 31.3 Å². The maximum atomic E-state index is 4.32. The van der Waals surface area contributed by atoms with Crippen molar-refractivity contribution < 1.29 is 0 Å². The quantitative estimate of drug-likeness (QED) is 0.291. The molecule has 0 aliphatic heterocycles. The van der Waals surface area contributed by atoms with Crippen LogP contribution >= 0.6 is 0 Å². The van der Waals surface area contributed by atoms with Gasteiger partial charge in [-0.3, -0.25) is 0 Å². The topological polar surface area (TPSA) is 12.0 Å². The zero-order valence-corrected chi connectivity index (χ0v) is 27.3. The third-order valence-corrected chi connectivity index (χ3v) is 15.6. The largest absolute Gasteiger partial charge is 0.311 e. The van der Waals surface area contributed by atoms with E-state index in [9.17, 15) is 0 Å². The fraction of sp³-hybridized carbons (Fsp3) is 0.950. The highest BCUT2D eigenvalue weighted by atomic mass is 15.0. The Kier molecular flexibility index (Phi) is 9.31. The van der Waals surface area contributed by atoms with Crippen LogP contribution in [0.2, 0.25) is 0 Å². The van der Waals surface area contributed by atoms with E-state index in [1.165, 1.54) is 64.2 Å². The monoisotopic (exact) mass is 562 g/mol.